The van der Waals surface area contributed by atoms with Crippen molar-refractivity contribution in [2.45, 2.75) is 38.5 Å². The molecule has 3 nitrogen and oxygen atoms in total. The van der Waals surface area contributed by atoms with Gasteiger partial charge in [-0.3, -0.25) is 4.79 Å². The van der Waals surface area contributed by atoms with Crippen molar-refractivity contribution in [3.8, 4) is 0 Å². The first-order valence-electron chi connectivity index (χ1n) is 8.60. The van der Waals surface area contributed by atoms with Gasteiger partial charge in [0.2, 0.25) is 5.91 Å². The van der Waals surface area contributed by atoms with Gasteiger partial charge in [0.15, 0.2) is 0 Å². The number of aromatic amines is 1. The Morgan fingerprint density at radius 2 is 1.83 bits per heavy atom. The van der Waals surface area contributed by atoms with Crippen LogP contribution in [0.3, 0.4) is 0 Å². The Hall–Kier alpha value is -2.29. The Balaban J connectivity index is 1.49. The molecule has 1 heterocycles. The number of hydrogen-bond donors (Lipinski definition) is 2. The van der Waals surface area contributed by atoms with Gasteiger partial charge in [-0.15, -0.1) is 0 Å². The summed E-state index contributed by atoms with van der Waals surface area (Å²) in [4.78, 5) is 15.6. The van der Waals surface area contributed by atoms with Gasteiger partial charge in [0.25, 0.3) is 0 Å². The average molecular weight is 306 g/mol. The van der Waals surface area contributed by atoms with E-state index in [0.717, 1.165) is 34.4 Å². The van der Waals surface area contributed by atoms with E-state index in [9.17, 15) is 4.79 Å². The highest BCUT2D eigenvalue weighted by atomic mass is 16.1. The van der Waals surface area contributed by atoms with Crippen molar-refractivity contribution in [3.05, 3.63) is 42.5 Å². The van der Waals surface area contributed by atoms with Crippen LogP contribution in [0.15, 0.2) is 42.5 Å². The number of amides is 1. The van der Waals surface area contributed by atoms with Crippen molar-refractivity contribution in [1.82, 2.24) is 4.98 Å². The second-order valence-electron chi connectivity index (χ2n) is 6.67. The number of hydrogen-bond acceptors (Lipinski definition) is 1. The van der Waals surface area contributed by atoms with Crippen LogP contribution in [0.2, 0.25) is 0 Å². The number of carbonyl (C=O) groups excluding carboxylic acids is 1. The normalized spacial score (nSPS) is 15.5. The topological polar surface area (TPSA) is 44.9 Å². The lowest BCUT2D eigenvalue weighted by atomic mass is 10.0. The number of H-pyrrole nitrogens is 1. The number of carbonyl (C=O) groups is 1. The van der Waals surface area contributed by atoms with Crippen molar-refractivity contribution in [1.29, 1.82) is 0 Å². The molecule has 0 unspecified atom stereocenters. The number of para-hydroxylation sites is 1. The summed E-state index contributed by atoms with van der Waals surface area (Å²) in [6, 6.07) is 14.4. The van der Waals surface area contributed by atoms with Crippen LogP contribution in [-0.2, 0) is 4.79 Å². The predicted octanol–water partition coefficient (Wildman–Crippen LogP) is 5.23. The molecule has 23 heavy (non-hydrogen) atoms. The number of anilines is 1. The zero-order chi connectivity index (χ0) is 15.6. The van der Waals surface area contributed by atoms with Gasteiger partial charge in [-0.2, -0.15) is 0 Å². The number of benzene rings is 2. The second-order valence-corrected chi connectivity index (χ2v) is 6.67. The molecule has 1 fully saturated rings. The highest BCUT2D eigenvalue weighted by Crippen LogP contribution is 2.29. The summed E-state index contributed by atoms with van der Waals surface area (Å²) in [6.07, 6.45) is 6.94. The van der Waals surface area contributed by atoms with Crippen molar-refractivity contribution >= 4 is 33.4 Å². The summed E-state index contributed by atoms with van der Waals surface area (Å²) >= 11 is 0. The smallest absolute Gasteiger partial charge is 0.224 e. The standard InChI is InChI=1S/C20H22N2O/c23-20(12-9-14-5-1-2-6-14)21-15-10-11-19-17(13-15)16-7-3-4-8-18(16)22-19/h3-4,7-8,10-11,13-14,22H,1-2,5-6,9,12H2,(H,21,23). The molecule has 0 bridgehead atoms. The monoisotopic (exact) mass is 306 g/mol. The van der Waals surface area contributed by atoms with Gasteiger partial charge in [-0.1, -0.05) is 43.9 Å². The third kappa shape index (κ3) is 2.96. The first kappa shape index (κ1) is 14.3. The van der Waals surface area contributed by atoms with Gasteiger partial charge in [-0.25, -0.2) is 0 Å². The van der Waals surface area contributed by atoms with Crippen LogP contribution < -0.4 is 5.32 Å². The lowest BCUT2D eigenvalue weighted by molar-refractivity contribution is -0.116. The van der Waals surface area contributed by atoms with Crippen LogP contribution in [0, 0.1) is 5.92 Å². The molecule has 1 saturated carbocycles. The Labute approximate surface area is 136 Å². The van der Waals surface area contributed by atoms with Gasteiger partial charge in [0.1, 0.15) is 0 Å². The highest BCUT2D eigenvalue weighted by Gasteiger charge is 2.16. The summed E-state index contributed by atoms with van der Waals surface area (Å²) in [5, 5.41) is 5.42. The fourth-order valence-corrected chi connectivity index (χ4v) is 3.78. The molecule has 0 aliphatic heterocycles. The first-order chi connectivity index (χ1) is 11.3. The van der Waals surface area contributed by atoms with Crippen LogP contribution in [0.1, 0.15) is 38.5 Å². The lowest BCUT2D eigenvalue weighted by Gasteiger charge is -2.09. The summed E-state index contributed by atoms with van der Waals surface area (Å²) in [5.41, 5.74) is 3.13. The Morgan fingerprint density at radius 3 is 2.70 bits per heavy atom. The summed E-state index contributed by atoms with van der Waals surface area (Å²) in [5.74, 6) is 0.896. The van der Waals surface area contributed by atoms with Gasteiger partial charge in [0, 0.05) is 33.9 Å². The van der Waals surface area contributed by atoms with Crippen LogP contribution in [0.5, 0.6) is 0 Å². The number of aromatic nitrogens is 1. The zero-order valence-corrected chi connectivity index (χ0v) is 13.3. The Kier molecular flexibility index (Phi) is 3.78. The quantitative estimate of drug-likeness (QED) is 0.681. The molecule has 2 aromatic carbocycles. The van der Waals surface area contributed by atoms with E-state index in [2.05, 4.69) is 28.5 Å². The van der Waals surface area contributed by atoms with E-state index in [1.807, 2.05) is 24.3 Å². The van der Waals surface area contributed by atoms with Crippen molar-refractivity contribution in [3.63, 3.8) is 0 Å². The summed E-state index contributed by atoms with van der Waals surface area (Å²) in [7, 11) is 0. The molecular weight excluding hydrogens is 284 g/mol. The number of fused-ring (bicyclic) bond motifs is 3. The molecule has 118 valence electrons. The van der Waals surface area contributed by atoms with Crippen LogP contribution >= 0.6 is 0 Å². The van der Waals surface area contributed by atoms with Crippen molar-refractivity contribution < 1.29 is 4.79 Å². The average Bonchev–Trinajstić information content (AvgIpc) is 3.20. The van der Waals surface area contributed by atoms with Crippen LogP contribution in [0.4, 0.5) is 5.69 Å². The fourth-order valence-electron chi connectivity index (χ4n) is 3.78. The number of rotatable bonds is 4. The van der Waals surface area contributed by atoms with Crippen molar-refractivity contribution in [2.75, 3.05) is 5.32 Å². The molecule has 1 aliphatic carbocycles. The third-order valence-corrected chi connectivity index (χ3v) is 5.04. The fraction of sp³-hybridized carbons (Fsp3) is 0.350. The largest absolute Gasteiger partial charge is 0.355 e. The summed E-state index contributed by atoms with van der Waals surface area (Å²) in [6.45, 7) is 0. The second kappa shape index (κ2) is 6.07. The minimum absolute atomic E-state index is 0.135. The van der Waals surface area contributed by atoms with E-state index >= 15 is 0 Å². The molecule has 4 rings (SSSR count). The van der Waals surface area contributed by atoms with E-state index in [1.54, 1.807) is 0 Å². The first-order valence-corrected chi connectivity index (χ1v) is 8.60. The maximum absolute atomic E-state index is 12.2. The van der Waals surface area contributed by atoms with E-state index in [4.69, 9.17) is 0 Å². The van der Waals surface area contributed by atoms with Crippen molar-refractivity contribution in [2.24, 2.45) is 5.92 Å². The third-order valence-electron chi connectivity index (χ3n) is 5.04. The Bertz CT molecular complexity index is 843. The summed E-state index contributed by atoms with van der Waals surface area (Å²) < 4.78 is 0. The molecule has 0 spiro atoms. The minimum Gasteiger partial charge on any atom is -0.355 e. The lowest BCUT2D eigenvalue weighted by Crippen LogP contribution is -2.12. The van der Waals surface area contributed by atoms with Gasteiger partial charge in [-0.05, 0) is 36.6 Å². The maximum atomic E-state index is 12.2. The minimum atomic E-state index is 0.135. The Morgan fingerprint density at radius 1 is 1.04 bits per heavy atom. The highest BCUT2D eigenvalue weighted by molar-refractivity contribution is 6.08. The van der Waals surface area contributed by atoms with Gasteiger partial charge < -0.3 is 10.3 Å². The van der Waals surface area contributed by atoms with Gasteiger partial charge >= 0.3 is 0 Å². The van der Waals surface area contributed by atoms with Crippen LogP contribution in [0.25, 0.3) is 21.8 Å². The van der Waals surface area contributed by atoms with E-state index in [1.165, 1.54) is 31.1 Å². The molecule has 0 atom stereocenters. The van der Waals surface area contributed by atoms with Crippen LogP contribution in [-0.4, -0.2) is 10.9 Å². The predicted molar refractivity (Wildman–Crippen MR) is 95.6 cm³/mol. The van der Waals surface area contributed by atoms with Gasteiger partial charge in [0.05, 0.1) is 0 Å². The van der Waals surface area contributed by atoms with E-state index < -0.39 is 0 Å². The molecule has 0 radical (unpaired) electrons. The maximum Gasteiger partial charge on any atom is 0.224 e. The molecule has 3 aromatic rings. The zero-order valence-electron chi connectivity index (χ0n) is 13.3. The molecule has 1 aliphatic rings. The molecule has 1 amide bonds. The van der Waals surface area contributed by atoms with E-state index in [0.29, 0.717) is 6.42 Å². The molecule has 1 aromatic heterocycles. The number of nitrogens with one attached hydrogen (secondary N) is 2. The molecular formula is C20H22N2O. The SMILES string of the molecule is O=C(CCC1CCCC1)Nc1ccc2[nH]c3ccccc3c2c1. The molecule has 0 saturated heterocycles. The molecule has 2 N–H and O–H groups in total. The molecule has 3 heteroatoms. The van der Waals surface area contributed by atoms with E-state index in [-0.39, 0.29) is 5.91 Å².